The molecule has 7 nitrogen and oxygen atoms in total. The van der Waals surface area contributed by atoms with Crippen LogP contribution in [0.15, 0.2) is 53.5 Å². The summed E-state index contributed by atoms with van der Waals surface area (Å²) < 4.78 is 13.0. The summed E-state index contributed by atoms with van der Waals surface area (Å²) in [6, 6.07) is 12.3. The molecule has 0 spiro atoms. The number of benzene rings is 2. The van der Waals surface area contributed by atoms with Gasteiger partial charge in [0.1, 0.15) is 0 Å². The monoisotopic (exact) mass is 407 g/mol. The quantitative estimate of drug-likeness (QED) is 0.645. The first-order valence-electron chi connectivity index (χ1n) is 10.1. The van der Waals surface area contributed by atoms with Crippen molar-refractivity contribution in [3.8, 4) is 17.2 Å². The van der Waals surface area contributed by atoms with Crippen molar-refractivity contribution in [2.45, 2.75) is 38.7 Å². The summed E-state index contributed by atoms with van der Waals surface area (Å²) in [4.78, 5) is 27.3. The third-order valence-corrected chi connectivity index (χ3v) is 5.37. The second kappa shape index (κ2) is 8.49. The highest BCUT2D eigenvalue weighted by Crippen LogP contribution is 2.34. The highest BCUT2D eigenvalue weighted by molar-refractivity contribution is 6.04. The number of anilines is 1. The van der Waals surface area contributed by atoms with Crippen molar-refractivity contribution in [3.05, 3.63) is 70.4 Å². The lowest BCUT2D eigenvalue weighted by Crippen LogP contribution is -2.16. The number of aromatic amines is 1. The number of aromatic nitrogens is 2. The van der Waals surface area contributed by atoms with Crippen LogP contribution in [0.2, 0.25) is 0 Å². The highest BCUT2D eigenvalue weighted by Gasteiger charge is 2.19. The number of amides is 1. The van der Waals surface area contributed by atoms with E-state index in [4.69, 9.17) is 9.47 Å². The number of H-pyrrole nitrogens is 1. The zero-order valence-corrected chi connectivity index (χ0v) is 17.1. The van der Waals surface area contributed by atoms with Crippen molar-refractivity contribution in [2.24, 2.45) is 0 Å². The van der Waals surface area contributed by atoms with Crippen LogP contribution in [0.4, 0.5) is 5.69 Å². The molecule has 1 heterocycles. The molecule has 156 valence electrons. The number of hydrogen-bond acceptors (Lipinski definition) is 4. The van der Waals surface area contributed by atoms with Crippen molar-refractivity contribution in [1.29, 1.82) is 0 Å². The lowest BCUT2D eigenvalue weighted by Gasteiger charge is -2.17. The highest BCUT2D eigenvalue weighted by atomic mass is 16.5. The molecule has 0 unspecified atom stereocenters. The molecule has 0 atom stereocenters. The second-order valence-corrected chi connectivity index (χ2v) is 7.46. The molecule has 3 aromatic rings. The minimum Gasteiger partial charge on any atom is -0.493 e. The molecule has 2 aromatic carbocycles. The number of ether oxygens (including phenoxy) is 2. The van der Waals surface area contributed by atoms with Gasteiger partial charge >= 0.3 is 5.69 Å². The minimum atomic E-state index is -0.239. The molecule has 1 saturated carbocycles. The normalized spacial score (nSPS) is 13.9. The molecule has 1 aliphatic rings. The molecule has 0 aliphatic heterocycles. The summed E-state index contributed by atoms with van der Waals surface area (Å²) in [5, 5.41) is 2.90. The van der Waals surface area contributed by atoms with Gasteiger partial charge in [0, 0.05) is 29.2 Å². The maximum atomic E-state index is 12.7. The fraction of sp³-hybridized carbons (Fsp3) is 0.304. The average Bonchev–Trinajstić information content (AvgIpc) is 3.38. The molecule has 2 N–H and O–H groups in total. The van der Waals surface area contributed by atoms with E-state index in [0.29, 0.717) is 28.4 Å². The van der Waals surface area contributed by atoms with Crippen molar-refractivity contribution >= 4 is 11.6 Å². The first-order valence-corrected chi connectivity index (χ1v) is 10.1. The van der Waals surface area contributed by atoms with E-state index in [0.717, 1.165) is 18.5 Å². The van der Waals surface area contributed by atoms with E-state index in [2.05, 4.69) is 10.3 Å². The molecule has 0 bridgehead atoms. The molecule has 7 heteroatoms. The lowest BCUT2D eigenvalue weighted by molar-refractivity contribution is 0.102. The summed E-state index contributed by atoms with van der Waals surface area (Å²) in [5.74, 6) is 1.05. The van der Waals surface area contributed by atoms with E-state index in [-0.39, 0.29) is 17.7 Å². The van der Waals surface area contributed by atoms with Crippen LogP contribution in [-0.2, 0) is 0 Å². The number of imidazole rings is 1. The van der Waals surface area contributed by atoms with Gasteiger partial charge in [-0.25, -0.2) is 4.79 Å². The number of nitrogens with zero attached hydrogens (tertiary/aromatic N) is 1. The van der Waals surface area contributed by atoms with Crippen LogP contribution >= 0.6 is 0 Å². The van der Waals surface area contributed by atoms with Crippen molar-refractivity contribution < 1.29 is 14.3 Å². The Morgan fingerprint density at radius 2 is 1.83 bits per heavy atom. The van der Waals surface area contributed by atoms with E-state index in [1.807, 2.05) is 6.92 Å². The minimum absolute atomic E-state index is 0.192. The molecule has 1 aromatic heterocycles. The third-order valence-electron chi connectivity index (χ3n) is 5.37. The fourth-order valence-electron chi connectivity index (χ4n) is 3.77. The predicted molar refractivity (Wildman–Crippen MR) is 115 cm³/mol. The number of hydrogen-bond donors (Lipinski definition) is 2. The number of carbonyl (C=O) groups is 1. The smallest absolute Gasteiger partial charge is 0.330 e. The number of methoxy groups -OCH3 is 1. The van der Waals surface area contributed by atoms with Gasteiger partial charge in [0.05, 0.1) is 18.9 Å². The molecular weight excluding hydrogens is 382 g/mol. The zero-order chi connectivity index (χ0) is 21.1. The van der Waals surface area contributed by atoms with Gasteiger partial charge in [0.2, 0.25) is 0 Å². The van der Waals surface area contributed by atoms with Crippen molar-refractivity contribution in [2.75, 3.05) is 12.4 Å². The summed E-state index contributed by atoms with van der Waals surface area (Å²) in [6.45, 7) is 1.84. The number of nitrogens with one attached hydrogen (secondary N) is 2. The van der Waals surface area contributed by atoms with Gasteiger partial charge in [-0.1, -0.05) is 0 Å². The molecule has 1 fully saturated rings. The topological polar surface area (TPSA) is 85.4 Å². The summed E-state index contributed by atoms with van der Waals surface area (Å²) in [5.41, 5.74) is 2.42. The standard InChI is InChI=1S/C23H25N3O4/c1-15-14-24-23(28)26(15)18-10-7-16(8-11-18)22(27)25-17-9-12-20(29-2)21(13-17)30-19-5-3-4-6-19/h7-14,19H,3-6H2,1-2H3,(H,24,28)(H,25,27). The Morgan fingerprint density at radius 3 is 2.47 bits per heavy atom. The van der Waals surface area contributed by atoms with E-state index < -0.39 is 0 Å². The maximum absolute atomic E-state index is 12.7. The molecule has 1 aliphatic carbocycles. The Bertz CT molecular complexity index is 1090. The molecule has 30 heavy (non-hydrogen) atoms. The van der Waals surface area contributed by atoms with Crippen LogP contribution in [0.3, 0.4) is 0 Å². The zero-order valence-electron chi connectivity index (χ0n) is 17.1. The van der Waals surface area contributed by atoms with Crippen molar-refractivity contribution in [3.63, 3.8) is 0 Å². The van der Waals surface area contributed by atoms with Gasteiger partial charge in [0.25, 0.3) is 5.91 Å². The number of aryl methyl sites for hydroxylation is 1. The molecule has 1 amide bonds. The number of carbonyl (C=O) groups excluding carboxylic acids is 1. The van der Waals surface area contributed by atoms with Gasteiger partial charge in [-0.3, -0.25) is 9.36 Å². The Balaban J connectivity index is 1.50. The van der Waals surface area contributed by atoms with Gasteiger partial charge in [-0.15, -0.1) is 0 Å². The molecular formula is C23H25N3O4. The van der Waals surface area contributed by atoms with E-state index in [1.54, 1.807) is 60.3 Å². The van der Waals surface area contributed by atoms with Crippen LogP contribution in [0.25, 0.3) is 5.69 Å². The molecule has 0 saturated heterocycles. The van der Waals surface area contributed by atoms with Crippen LogP contribution in [-0.4, -0.2) is 28.7 Å². The first kappa shape index (κ1) is 19.8. The predicted octanol–water partition coefficient (Wildman–Crippen LogP) is 4.06. The lowest BCUT2D eigenvalue weighted by atomic mass is 10.1. The Kier molecular flexibility index (Phi) is 5.61. The van der Waals surface area contributed by atoms with Gasteiger partial charge in [-0.05, 0) is 69.0 Å². The molecule has 0 radical (unpaired) electrons. The van der Waals surface area contributed by atoms with Gasteiger partial charge < -0.3 is 19.8 Å². The fourth-order valence-corrected chi connectivity index (χ4v) is 3.77. The van der Waals surface area contributed by atoms with Crippen LogP contribution in [0.1, 0.15) is 41.7 Å². The molecule has 4 rings (SSSR count). The van der Waals surface area contributed by atoms with Crippen LogP contribution in [0.5, 0.6) is 11.5 Å². The maximum Gasteiger partial charge on any atom is 0.330 e. The third kappa shape index (κ3) is 4.10. The first-order chi connectivity index (χ1) is 14.5. The van der Waals surface area contributed by atoms with Crippen LogP contribution in [0, 0.1) is 6.92 Å². The van der Waals surface area contributed by atoms with Crippen molar-refractivity contribution in [1.82, 2.24) is 9.55 Å². The van der Waals surface area contributed by atoms with Crippen LogP contribution < -0.4 is 20.5 Å². The average molecular weight is 407 g/mol. The van der Waals surface area contributed by atoms with E-state index in [9.17, 15) is 9.59 Å². The largest absolute Gasteiger partial charge is 0.493 e. The Morgan fingerprint density at radius 1 is 1.10 bits per heavy atom. The number of rotatable bonds is 6. The Labute approximate surface area is 174 Å². The summed E-state index contributed by atoms with van der Waals surface area (Å²) >= 11 is 0. The Hall–Kier alpha value is -3.48. The van der Waals surface area contributed by atoms with E-state index >= 15 is 0 Å². The summed E-state index contributed by atoms with van der Waals surface area (Å²) in [6.07, 6.45) is 6.27. The second-order valence-electron chi connectivity index (χ2n) is 7.46. The van der Waals surface area contributed by atoms with Gasteiger partial charge in [0.15, 0.2) is 11.5 Å². The SMILES string of the molecule is COc1ccc(NC(=O)c2ccc(-n3c(C)c[nH]c3=O)cc2)cc1OC1CCCC1. The van der Waals surface area contributed by atoms with E-state index in [1.165, 1.54) is 12.8 Å². The van der Waals surface area contributed by atoms with Gasteiger partial charge in [-0.2, -0.15) is 0 Å². The summed E-state index contributed by atoms with van der Waals surface area (Å²) in [7, 11) is 1.61.